The molecule has 0 fully saturated rings. The lowest BCUT2D eigenvalue weighted by molar-refractivity contribution is 0.0963. The van der Waals surface area contributed by atoms with E-state index in [4.69, 9.17) is 0 Å². The van der Waals surface area contributed by atoms with Crippen LogP contribution in [-0.4, -0.2) is 30.6 Å². The van der Waals surface area contributed by atoms with E-state index in [0.717, 1.165) is 5.56 Å². The average Bonchev–Trinajstić information content (AvgIpc) is 2.64. The van der Waals surface area contributed by atoms with Crippen molar-refractivity contribution in [1.29, 1.82) is 0 Å². The van der Waals surface area contributed by atoms with Gasteiger partial charge in [0.2, 0.25) is 0 Å². The van der Waals surface area contributed by atoms with Gasteiger partial charge in [-0.05, 0) is 35.4 Å². The number of carbonyl (C=O) groups excluding carboxylic acids is 2. The maximum atomic E-state index is 12.8. The van der Waals surface area contributed by atoms with Crippen molar-refractivity contribution in [2.24, 2.45) is 0 Å². The fraction of sp³-hybridized carbons (Fsp3) is 0.222. The van der Waals surface area contributed by atoms with Crippen molar-refractivity contribution < 1.29 is 19.1 Å². The number of urea groups is 1. The van der Waals surface area contributed by atoms with E-state index in [-0.39, 0.29) is 24.8 Å². The predicted octanol–water partition coefficient (Wildman–Crippen LogP) is 1.72. The molecular formula is C18H20FN3O3. The summed E-state index contributed by atoms with van der Waals surface area (Å²) >= 11 is 0. The molecule has 0 radical (unpaired) electrons. The van der Waals surface area contributed by atoms with Gasteiger partial charge in [-0.25, -0.2) is 9.18 Å². The summed E-state index contributed by atoms with van der Waals surface area (Å²) in [5.74, 6) is -0.589. The van der Waals surface area contributed by atoms with E-state index in [1.165, 1.54) is 24.3 Å². The Bertz CT molecular complexity index is 735. The maximum absolute atomic E-state index is 12.8. The fourth-order valence-electron chi connectivity index (χ4n) is 2.20. The Labute approximate surface area is 145 Å². The van der Waals surface area contributed by atoms with E-state index in [2.05, 4.69) is 16.0 Å². The van der Waals surface area contributed by atoms with E-state index >= 15 is 0 Å². The normalized spacial score (nSPS) is 11.5. The molecule has 6 nitrogen and oxygen atoms in total. The third-order valence-electron chi connectivity index (χ3n) is 3.58. The van der Waals surface area contributed by atoms with E-state index in [1.807, 2.05) is 0 Å². The summed E-state index contributed by atoms with van der Waals surface area (Å²) in [6, 6.07) is 11.9. The highest BCUT2D eigenvalue weighted by molar-refractivity contribution is 5.94. The van der Waals surface area contributed by atoms with E-state index in [1.54, 1.807) is 31.3 Å². The summed E-state index contributed by atoms with van der Waals surface area (Å²) in [5, 5.41) is 17.7. The summed E-state index contributed by atoms with van der Waals surface area (Å²) < 4.78 is 12.8. The van der Waals surface area contributed by atoms with Crippen LogP contribution in [0.1, 0.15) is 27.6 Å². The molecule has 2 aromatic rings. The minimum Gasteiger partial charge on any atom is -0.387 e. The highest BCUT2D eigenvalue weighted by atomic mass is 19.1. The van der Waals surface area contributed by atoms with Gasteiger partial charge in [0.05, 0.1) is 6.10 Å². The van der Waals surface area contributed by atoms with Crippen LogP contribution in [0.2, 0.25) is 0 Å². The average molecular weight is 345 g/mol. The first-order valence-electron chi connectivity index (χ1n) is 7.76. The van der Waals surface area contributed by atoms with Gasteiger partial charge in [0.1, 0.15) is 5.82 Å². The van der Waals surface area contributed by atoms with Gasteiger partial charge in [-0.1, -0.05) is 24.3 Å². The number of aliphatic hydroxyl groups excluding tert-OH is 1. The smallest absolute Gasteiger partial charge is 0.315 e. The van der Waals surface area contributed by atoms with E-state index in [0.29, 0.717) is 11.1 Å². The molecule has 0 aromatic heterocycles. The number of nitrogens with one attached hydrogen (secondary N) is 3. The fourth-order valence-corrected chi connectivity index (χ4v) is 2.20. The highest BCUT2D eigenvalue weighted by Crippen LogP contribution is 2.12. The van der Waals surface area contributed by atoms with Gasteiger partial charge in [0, 0.05) is 25.7 Å². The third kappa shape index (κ3) is 5.58. The topological polar surface area (TPSA) is 90.5 Å². The van der Waals surface area contributed by atoms with Gasteiger partial charge >= 0.3 is 6.03 Å². The van der Waals surface area contributed by atoms with Gasteiger partial charge in [0.15, 0.2) is 0 Å². The van der Waals surface area contributed by atoms with Crippen molar-refractivity contribution in [2.75, 3.05) is 13.6 Å². The maximum Gasteiger partial charge on any atom is 0.315 e. The molecule has 0 saturated carbocycles. The molecule has 1 atom stereocenters. The second kappa shape index (κ2) is 8.79. The van der Waals surface area contributed by atoms with E-state index in [9.17, 15) is 19.1 Å². The number of benzene rings is 2. The van der Waals surface area contributed by atoms with Crippen LogP contribution in [0.5, 0.6) is 0 Å². The van der Waals surface area contributed by atoms with Gasteiger partial charge in [0.25, 0.3) is 5.91 Å². The Balaban J connectivity index is 1.80. The number of carbonyl (C=O) groups is 2. The SMILES string of the molecule is CNC(=O)c1cccc(CNC(=O)NCC(O)c2ccc(F)cc2)c1. The molecule has 3 amide bonds. The summed E-state index contributed by atoms with van der Waals surface area (Å²) in [4.78, 5) is 23.4. The van der Waals surface area contributed by atoms with Crippen LogP contribution < -0.4 is 16.0 Å². The van der Waals surface area contributed by atoms with Crippen LogP contribution in [0.3, 0.4) is 0 Å². The molecule has 7 heteroatoms. The number of rotatable bonds is 6. The minimum atomic E-state index is -0.928. The van der Waals surface area contributed by atoms with Crippen LogP contribution >= 0.6 is 0 Å². The van der Waals surface area contributed by atoms with Crippen LogP contribution in [0, 0.1) is 5.82 Å². The lowest BCUT2D eigenvalue weighted by Gasteiger charge is -2.13. The van der Waals surface area contributed by atoms with Gasteiger partial charge < -0.3 is 21.1 Å². The molecule has 0 spiro atoms. The molecule has 0 aliphatic carbocycles. The van der Waals surface area contributed by atoms with Crippen LogP contribution in [0.15, 0.2) is 48.5 Å². The zero-order chi connectivity index (χ0) is 18.2. The van der Waals surface area contributed by atoms with Crippen molar-refractivity contribution in [3.05, 3.63) is 71.0 Å². The molecule has 2 aromatic carbocycles. The molecule has 1 unspecified atom stereocenters. The van der Waals surface area contributed by atoms with Crippen molar-refractivity contribution in [1.82, 2.24) is 16.0 Å². The van der Waals surface area contributed by atoms with Crippen LogP contribution in [0.4, 0.5) is 9.18 Å². The summed E-state index contributed by atoms with van der Waals surface area (Å²) in [7, 11) is 1.55. The number of aliphatic hydroxyl groups is 1. The molecule has 2 rings (SSSR count). The van der Waals surface area contributed by atoms with Gasteiger partial charge in [-0.3, -0.25) is 4.79 Å². The Morgan fingerprint density at radius 3 is 2.52 bits per heavy atom. The van der Waals surface area contributed by atoms with Crippen molar-refractivity contribution in [2.45, 2.75) is 12.6 Å². The Morgan fingerprint density at radius 2 is 1.84 bits per heavy atom. The molecular weight excluding hydrogens is 325 g/mol. The van der Waals surface area contributed by atoms with Crippen LogP contribution in [0.25, 0.3) is 0 Å². The molecule has 0 bridgehead atoms. The molecule has 0 aliphatic rings. The lowest BCUT2D eigenvalue weighted by atomic mass is 10.1. The molecule has 0 heterocycles. The molecule has 25 heavy (non-hydrogen) atoms. The second-order valence-corrected chi connectivity index (χ2v) is 5.41. The molecule has 0 saturated heterocycles. The zero-order valence-electron chi connectivity index (χ0n) is 13.8. The molecule has 0 aliphatic heterocycles. The van der Waals surface area contributed by atoms with Crippen molar-refractivity contribution >= 4 is 11.9 Å². The molecule has 132 valence electrons. The molecule has 4 N–H and O–H groups in total. The summed E-state index contributed by atoms with van der Waals surface area (Å²) in [6.07, 6.45) is -0.928. The monoisotopic (exact) mass is 345 g/mol. The van der Waals surface area contributed by atoms with Crippen molar-refractivity contribution in [3.8, 4) is 0 Å². The first-order chi connectivity index (χ1) is 12.0. The Hall–Kier alpha value is -2.93. The van der Waals surface area contributed by atoms with Crippen molar-refractivity contribution in [3.63, 3.8) is 0 Å². The lowest BCUT2D eigenvalue weighted by Crippen LogP contribution is -2.37. The third-order valence-corrected chi connectivity index (χ3v) is 3.58. The van der Waals surface area contributed by atoms with Crippen LogP contribution in [-0.2, 0) is 6.54 Å². The number of halogens is 1. The van der Waals surface area contributed by atoms with E-state index < -0.39 is 12.1 Å². The predicted molar refractivity (Wildman–Crippen MR) is 91.4 cm³/mol. The first-order valence-corrected chi connectivity index (χ1v) is 7.76. The second-order valence-electron chi connectivity index (χ2n) is 5.41. The summed E-state index contributed by atoms with van der Waals surface area (Å²) in [5.41, 5.74) is 1.80. The van der Waals surface area contributed by atoms with Gasteiger partial charge in [-0.2, -0.15) is 0 Å². The number of amides is 3. The first kappa shape index (κ1) is 18.4. The standard InChI is InChI=1S/C18H20FN3O3/c1-20-17(24)14-4-2-3-12(9-14)10-21-18(25)22-11-16(23)13-5-7-15(19)8-6-13/h2-9,16,23H,10-11H2,1H3,(H,20,24)(H2,21,22,25). The Kier molecular flexibility index (Phi) is 6.47. The van der Waals surface area contributed by atoms with Gasteiger partial charge in [-0.15, -0.1) is 0 Å². The minimum absolute atomic E-state index is 0.00422. The Morgan fingerprint density at radius 1 is 1.12 bits per heavy atom. The highest BCUT2D eigenvalue weighted by Gasteiger charge is 2.10. The number of hydrogen-bond acceptors (Lipinski definition) is 3. The largest absolute Gasteiger partial charge is 0.387 e. The summed E-state index contributed by atoms with van der Waals surface area (Å²) in [6.45, 7) is 0.235. The number of hydrogen-bond donors (Lipinski definition) is 4. The zero-order valence-corrected chi connectivity index (χ0v) is 13.8. The quantitative estimate of drug-likeness (QED) is 0.642.